The predicted molar refractivity (Wildman–Crippen MR) is 63.5 cm³/mol. The quantitative estimate of drug-likeness (QED) is 0.918. The van der Waals surface area contributed by atoms with E-state index in [0.29, 0.717) is 5.56 Å². The summed E-state index contributed by atoms with van der Waals surface area (Å²) in [7, 11) is 1.43. The first-order valence-corrected chi connectivity index (χ1v) is 6.01. The van der Waals surface area contributed by atoms with Crippen LogP contribution in [0.15, 0.2) is 18.3 Å². The zero-order valence-electron chi connectivity index (χ0n) is 10.5. The van der Waals surface area contributed by atoms with Gasteiger partial charge in [-0.25, -0.2) is 13.8 Å². The van der Waals surface area contributed by atoms with Crippen LogP contribution >= 0.6 is 0 Å². The number of carboxylic acids is 1. The summed E-state index contributed by atoms with van der Waals surface area (Å²) in [6, 6.07) is 3.07. The lowest BCUT2D eigenvalue weighted by atomic mass is 9.68. The molecule has 0 saturated heterocycles. The highest BCUT2D eigenvalue weighted by molar-refractivity contribution is 5.81. The number of ether oxygens (including phenoxy) is 1. The number of carboxylic acid groups (broad SMARTS) is 1. The van der Waals surface area contributed by atoms with Crippen LogP contribution in [0.3, 0.4) is 0 Å². The highest BCUT2D eigenvalue weighted by Crippen LogP contribution is 2.45. The molecule has 1 saturated carbocycles. The van der Waals surface area contributed by atoms with Crippen molar-refractivity contribution in [3.63, 3.8) is 0 Å². The number of aromatic nitrogens is 1. The second-order valence-corrected chi connectivity index (χ2v) is 4.83. The normalized spacial score (nSPS) is 20.8. The molecule has 4 nitrogen and oxygen atoms in total. The summed E-state index contributed by atoms with van der Waals surface area (Å²) in [5.41, 5.74) is -0.792. The Bertz CT molecular complexity index is 481. The van der Waals surface area contributed by atoms with E-state index >= 15 is 0 Å². The number of aliphatic carboxylic acids is 1. The fourth-order valence-electron chi connectivity index (χ4n) is 2.49. The van der Waals surface area contributed by atoms with Crippen molar-refractivity contribution in [2.75, 3.05) is 7.11 Å². The van der Waals surface area contributed by atoms with E-state index in [1.807, 2.05) is 0 Å². The van der Waals surface area contributed by atoms with Crippen LogP contribution in [-0.2, 0) is 10.2 Å². The number of nitrogens with zero attached hydrogens (tertiary/aromatic N) is 1. The lowest BCUT2D eigenvalue weighted by Gasteiger charge is -2.37. The van der Waals surface area contributed by atoms with Crippen LogP contribution in [0, 0.1) is 0 Å². The molecule has 0 atom stereocenters. The van der Waals surface area contributed by atoms with Crippen molar-refractivity contribution in [3.8, 4) is 5.88 Å². The van der Waals surface area contributed by atoms with Crippen LogP contribution in [-0.4, -0.2) is 29.1 Å². The van der Waals surface area contributed by atoms with Gasteiger partial charge >= 0.3 is 5.97 Å². The Morgan fingerprint density at radius 2 is 2.00 bits per heavy atom. The van der Waals surface area contributed by atoms with Gasteiger partial charge in [0.1, 0.15) is 0 Å². The van der Waals surface area contributed by atoms with Gasteiger partial charge in [-0.3, -0.25) is 4.79 Å². The molecule has 1 aromatic rings. The number of alkyl halides is 2. The Morgan fingerprint density at radius 1 is 1.37 bits per heavy atom. The van der Waals surface area contributed by atoms with Crippen molar-refractivity contribution < 1.29 is 23.4 Å². The molecule has 0 aliphatic heterocycles. The van der Waals surface area contributed by atoms with E-state index in [2.05, 4.69) is 4.98 Å². The van der Waals surface area contributed by atoms with Crippen molar-refractivity contribution in [3.05, 3.63) is 23.9 Å². The van der Waals surface area contributed by atoms with Gasteiger partial charge in [0.2, 0.25) is 11.8 Å². The zero-order valence-corrected chi connectivity index (χ0v) is 10.5. The maximum absolute atomic E-state index is 13.2. The van der Waals surface area contributed by atoms with Crippen LogP contribution in [0.4, 0.5) is 8.78 Å². The monoisotopic (exact) mass is 271 g/mol. The molecule has 0 unspecified atom stereocenters. The van der Waals surface area contributed by atoms with Crippen molar-refractivity contribution in [1.29, 1.82) is 0 Å². The number of pyridine rings is 1. The molecule has 1 N–H and O–H groups in total. The summed E-state index contributed by atoms with van der Waals surface area (Å²) in [4.78, 5) is 15.5. The van der Waals surface area contributed by atoms with Gasteiger partial charge < -0.3 is 9.84 Å². The minimum absolute atomic E-state index is 0.0809. The highest BCUT2D eigenvalue weighted by Gasteiger charge is 2.49. The predicted octanol–water partition coefficient (Wildman–Crippen LogP) is 2.62. The Kier molecular flexibility index (Phi) is 3.43. The standard InChI is InChI=1S/C13H15F2NO3/c1-19-10-8-9(2-7-16-10)12(11(17)18)3-5-13(14,15)6-4-12/h2,7-8H,3-6H2,1H3,(H,17,18). The number of hydrogen-bond donors (Lipinski definition) is 1. The SMILES string of the molecule is COc1cc(C2(C(=O)O)CCC(F)(F)CC2)ccn1. The molecule has 19 heavy (non-hydrogen) atoms. The first-order valence-electron chi connectivity index (χ1n) is 6.01. The maximum Gasteiger partial charge on any atom is 0.314 e. The van der Waals surface area contributed by atoms with E-state index < -0.39 is 30.1 Å². The average Bonchev–Trinajstić information content (AvgIpc) is 2.39. The summed E-state index contributed by atoms with van der Waals surface area (Å²) in [6.07, 6.45) is 0.449. The third kappa shape index (κ3) is 2.52. The molecular weight excluding hydrogens is 256 g/mol. The first kappa shape index (κ1) is 13.7. The topological polar surface area (TPSA) is 59.4 Å². The van der Waals surface area contributed by atoms with Crippen molar-refractivity contribution in [1.82, 2.24) is 4.98 Å². The van der Waals surface area contributed by atoms with Gasteiger partial charge in [0.25, 0.3) is 0 Å². The van der Waals surface area contributed by atoms with Crippen LogP contribution in [0.2, 0.25) is 0 Å². The Balaban J connectivity index is 2.38. The summed E-state index contributed by atoms with van der Waals surface area (Å²) in [6.45, 7) is 0. The number of methoxy groups -OCH3 is 1. The van der Waals surface area contributed by atoms with E-state index in [-0.39, 0.29) is 18.7 Å². The minimum Gasteiger partial charge on any atom is -0.481 e. The fourth-order valence-corrected chi connectivity index (χ4v) is 2.49. The van der Waals surface area contributed by atoms with Gasteiger partial charge in [0, 0.05) is 25.1 Å². The third-order valence-corrected chi connectivity index (χ3v) is 3.74. The maximum atomic E-state index is 13.2. The van der Waals surface area contributed by atoms with E-state index in [4.69, 9.17) is 4.74 Å². The molecule has 0 aromatic carbocycles. The van der Waals surface area contributed by atoms with Gasteiger partial charge in [0.05, 0.1) is 12.5 Å². The van der Waals surface area contributed by atoms with Crippen LogP contribution in [0.5, 0.6) is 5.88 Å². The van der Waals surface area contributed by atoms with E-state index in [1.54, 1.807) is 6.07 Å². The van der Waals surface area contributed by atoms with E-state index in [0.717, 1.165) is 0 Å². The van der Waals surface area contributed by atoms with Crippen LogP contribution < -0.4 is 4.74 Å². The van der Waals surface area contributed by atoms with Crippen molar-refractivity contribution in [2.24, 2.45) is 0 Å². The molecule has 0 bridgehead atoms. The summed E-state index contributed by atoms with van der Waals surface area (Å²) in [5, 5.41) is 9.47. The largest absolute Gasteiger partial charge is 0.481 e. The van der Waals surface area contributed by atoms with Crippen molar-refractivity contribution >= 4 is 5.97 Å². The number of carbonyl (C=O) groups is 1. The Hall–Kier alpha value is -1.72. The van der Waals surface area contributed by atoms with Gasteiger partial charge in [0.15, 0.2) is 0 Å². The molecular formula is C13H15F2NO3. The Morgan fingerprint density at radius 3 is 2.53 bits per heavy atom. The molecule has 0 radical (unpaired) electrons. The average molecular weight is 271 g/mol. The third-order valence-electron chi connectivity index (χ3n) is 3.74. The summed E-state index contributed by atoms with van der Waals surface area (Å²) >= 11 is 0. The zero-order chi connectivity index (χ0) is 14.1. The second kappa shape index (κ2) is 4.75. The van der Waals surface area contributed by atoms with Gasteiger partial charge in [-0.2, -0.15) is 0 Å². The van der Waals surface area contributed by atoms with E-state index in [1.165, 1.54) is 19.4 Å². The molecule has 1 aliphatic rings. The van der Waals surface area contributed by atoms with Crippen molar-refractivity contribution in [2.45, 2.75) is 37.0 Å². The van der Waals surface area contributed by atoms with E-state index in [9.17, 15) is 18.7 Å². The molecule has 1 aromatic heterocycles. The smallest absolute Gasteiger partial charge is 0.314 e. The molecule has 2 rings (SSSR count). The molecule has 1 fully saturated rings. The molecule has 1 aliphatic carbocycles. The molecule has 104 valence electrons. The molecule has 1 heterocycles. The lowest BCUT2D eigenvalue weighted by molar-refractivity contribution is -0.149. The lowest BCUT2D eigenvalue weighted by Crippen LogP contribution is -2.42. The van der Waals surface area contributed by atoms with Crippen LogP contribution in [0.25, 0.3) is 0 Å². The van der Waals surface area contributed by atoms with Gasteiger partial charge in [-0.1, -0.05) is 0 Å². The minimum atomic E-state index is -2.77. The Labute approximate surface area is 109 Å². The number of rotatable bonds is 3. The van der Waals surface area contributed by atoms with Gasteiger partial charge in [-0.05, 0) is 24.5 Å². The van der Waals surface area contributed by atoms with Gasteiger partial charge in [-0.15, -0.1) is 0 Å². The summed E-state index contributed by atoms with van der Waals surface area (Å²) < 4.78 is 31.4. The van der Waals surface area contributed by atoms with Crippen LogP contribution in [0.1, 0.15) is 31.2 Å². The molecule has 0 spiro atoms. The highest BCUT2D eigenvalue weighted by atomic mass is 19.3. The number of halogens is 2. The fraction of sp³-hybridized carbons (Fsp3) is 0.538. The molecule has 6 heteroatoms. The first-order chi connectivity index (χ1) is 8.89. The second-order valence-electron chi connectivity index (χ2n) is 4.83. The number of hydrogen-bond acceptors (Lipinski definition) is 3. The summed E-state index contributed by atoms with van der Waals surface area (Å²) in [5.74, 6) is -3.55. The molecule has 0 amide bonds.